The molecule has 0 aliphatic heterocycles. The van der Waals surface area contributed by atoms with Crippen LogP contribution in [0.4, 0.5) is 0 Å². The molecule has 0 heterocycles. The van der Waals surface area contributed by atoms with Crippen molar-refractivity contribution in [3.05, 3.63) is 29.3 Å². The van der Waals surface area contributed by atoms with E-state index in [0.717, 1.165) is 0 Å². The lowest BCUT2D eigenvalue weighted by Crippen LogP contribution is -1.90. The van der Waals surface area contributed by atoms with E-state index < -0.39 is 0 Å². The van der Waals surface area contributed by atoms with Crippen LogP contribution in [-0.4, -0.2) is 14.2 Å². The maximum atomic E-state index is 8.66. The fourth-order valence-electron chi connectivity index (χ4n) is 1.20. The quantitative estimate of drug-likeness (QED) is 0.723. The van der Waals surface area contributed by atoms with Crippen LogP contribution in [0, 0.1) is 22.7 Å². The fraction of sp³-hybridized carbons (Fsp3) is 0.167. The molecule has 1 aromatic carbocycles. The van der Waals surface area contributed by atoms with Crippen molar-refractivity contribution in [3.8, 4) is 23.6 Å². The highest BCUT2D eigenvalue weighted by molar-refractivity contribution is 5.67. The van der Waals surface area contributed by atoms with Gasteiger partial charge in [0, 0.05) is 5.56 Å². The van der Waals surface area contributed by atoms with Gasteiger partial charge in [-0.05, 0) is 24.3 Å². The van der Waals surface area contributed by atoms with Gasteiger partial charge >= 0.3 is 0 Å². The lowest BCUT2D eigenvalue weighted by Gasteiger charge is -2.06. The number of benzene rings is 1. The molecule has 1 aromatic rings. The van der Waals surface area contributed by atoms with Crippen molar-refractivity contribution in [1.82, 2.24) is 0 Å². The van der Waals surface area contributed by atoms with Gasteiger partial charge in [0.25, 0.3) is 0 Å². The predicted octanol–water partition coefficient (Wildman–Crippen LogP) is 2.13. The van der Waals surface area contributed by atoms with Gasteiger partial charge in [-0.25, -0.2) is 0 Å². The Morgan fingerprint density at radius 3 is 2.38 bits per heavy atom. The molecule has 0 N–H and O–H groups in total. The Morgan fingerprint density at radius 1 is 1.19 bits per heavy atom. The maximum Gasteiger partial charge on any atom is 0.130 e. The van der Waals surface area contributed by atoms with E-state index in [2.05, 4.69) is 0 Å². The summed E-state index contributed by atoms with van der Waals surface area (Å²) in [5.74, 6) is 1.23. The molecule has 4 heteroatoms. The van der Waals surface area contributed by atoms with Crippen molar-refractivity contribution in [2.24, 2.45) is 0 Å². The molecule has 0 aliphatic rings. The van der Waals surface area contributed by atoms with Crippen molar-refractivity contribution < 1.29 is 9.47 Å². The monoisotopic (exact) mass is 214 g/mol. The van der Waals surface area contributed by atoms with Crippen LogP contribution in [0.5, 0.6) is 11.5 Å². The van der Waals surface area contributed by atoms with Crippen molar-refractivity contribution in [1.29, 1.82) is 10.5 Å². The van der Waals surface area contributed by atoms with Gasteiger partial charge in [-0.15, -0.1) is 0 Å². The number of ether oxygens (including phenoxy) is 2. The Kier molecular flexibility index (Phi) is 3.94. The van der Waals surface area contributed by atoms with Crippen LogP contribution in [0.25, 0.3) is 6.08 Å². The Balaban J connectivity index is 3.26. The van der Waals surface area contributed by atoms with E-state index in [-0.39, 0.29) is 5.57 Å². The second-order valence-electron chi connectivity index (χ2n) is 2.89. The SMILES string of the molecule is COc1ccc(OC)c(C=C(C#N)C#N)c1. The molecule has 0 radical (unpaired) electrons. The highest BCUT2D eigenvalue weighted by Crippen LogP contribution is 2.25. The van der Waals surface area contributed by atoms with Gasteiger partial charge < -0.3 is 9.47 Å². The summed E-state index contributed by atoms with van der Waals surface area (Å²) in [6.45, 7) is 0. The van der Waals surface area contributed by atoms with E-state index in [4.69, 9.17) is 20.0 Å². The molecular weight excluding hydrogens is 204 g/mol. The summed E-state index contributed by atoms with van der Waals surface area (Å²) in [7, 11) is 3.07. The van der Waals surface area contributed by atoms with E-state index in [1.165, 1.54) is 13.2 Å². The summed E-state index contributed by atoms with van der Waals surface area (Å²) in [6.07, 6.45) is 1.46. The fourth-order valence-corrected chi connectivity index (χ4v) is 1.20. The zero-order chi connectivity index (χ0) is 12.0. The highest BCUT2D eigenvalue weighted by Gasteiger charge is 2.04. The van der Waals surface area contributed by atoms with Gasteiger partial charge in [-0.3, -0.25) is 0 Å². The number of hydrogen-bond donors (Lipinski definition) is 0. The Morgan fingerprint density at radius 2 is 1.88 bits per heavy atom. The second-order valence-corrected chi connectivity index (χ2v) is 2.89. The number of hydrogen-bond acceptors (Lipinski definition) is 4. The molecule has 0 saturated carbocycles. The van der Waals surface area contributed by atoms with Gasteiger partial charge in [-0.2, -0.15) is 10.5 Å². The Hall–Kier alpha value is -2.46. The first-order valence-electron chi connectivity index (χ1n) is 4.49. The van der Waals surface area contributed by atoms with Gasteiger partial charge in [-0.1, -0.05) is 0 Å². The van der Waals surface area contributed by atoms with Crippen LogP contribution in [0.1, 0.15) is 5.56 Å². The van der Waals surface area contributed by atoms with Gasteiger partial charge in [0.2, 0.25) is 0 Å². The molecule has 0 aliphatic carbocycles. The normalized spacial score (nSPS) is 8.50. The lowest BCUT2D eigenvalue weighted by atomic mass is 10.1. The summed E-state index contributed by atoms with van der Waals surface area (Å²) in [5.41, 5.74) is 0.659. The van der Waals surface area contributed by atoms with Crippen LogP contribution in [-0.2, 0) is 0 Å². The van der Waals surface area contributed by atoms with Crippen LogP contribution >= 0.6 is 0 Å². The molecule has 1 rings (SSSR count). The first kappa shape index (κ1) is 11.6. The van der Waals surface area contributed by atoms with Gasteiger partial charge in [0.1, 0.15) is 29.2 Å². The van der Waals surface area contributed by atoms with E-state index in [9.17, 15) is 0 Å². The van der Waals surface area contributed by atoms with Crippen LogP contribution in [0.15, 0.2) is 23.8 Å². The summed E-state index contributed by atoms with van der Waals surface area (Å²) in [5, 5.41) is 17.3. The summed E-state index contributed by atoms with van der Waals surface area (Å²) < 4.78 is 10.2. The van der Waals surface area contributed by atoms with E-state index in [1.807, 2.05) is 0 Å². The summed E-state index contributed by atoms with van der Waals surface area (Å²) in [4.78, 5) is 0. The molecule has 16 heavy (non-hydrogen) atoms. The molecule has 0 unspecified atom stereocenters. The van der Waals surface area contributed by atoms with Crippen molar-refractivity contribution >= 4 is 6.08 Å². The minimum atomic E-state index is 0.0200. The van der Waals surface area contributed by atoms with Gasteiger partial charge in [0.05, 0.1) is 14.2 Å². The molecule has 0 bridgehead atoms. The van der Waals surface area contributed by atoms with E-state index >= 15 is 0 Å². The standard InChI is InChI=1S/C12H10N2O2/c1-15-11-3-4-12(16-2)10(6-11)5-9(7-13)8-14/h3-6H,1-2H3. The minimum absolute atomic E-state index is 0.0200. The van der Waals surface area contributed by atoms with E-state index in [0.29, 0.717) is 17.1 Å². The third-order valence-electron chi connectivity index (χ3n) is 1.98. The number of rotatable bonds is 3. The molecule has 0 spiro atoms. The number of methoxy groups -OCH3 is 2. The molecule has 0 amide bonds. The number of nitriles is 2. The maximum absolute atomic E-state index is 8.66. The topological polar surface area (TPSA) is 66.0 Å². The third-order valence-corrected chi connectivity index (χ3v) is 1.98. The first-order valence-corrected chi connectivity index (χ1v) is 4.49. The van der Waals surface area contributed by atoms with E-state index in [1.54, 1.807) is 37.4 Å². The van der Waals surface area contributed by atoms with Crippen LogP contribution < -0.4 is 9.47 Å². The first-order chi connectivity index (χ1) is 7.74. The lowest BCUT2D eigenvalue weighted by molar-refractivity contribution is 0.402. The molecule has 0 atom stereocenters. The smallest absolute Gasteiger partial charge is 0.130 e. The van der Waals surface area contributed by atoms with Crippen LogP contribution in [0.2, 0.25) is 0 Å². The zero-order valence-corrected chi connectivity index (χ0v) is 9.02. The predicted molar refractivity (Wildman–Crippen MR) is 58.7 cm³/mol. The summed E-state index contributed by atoms with van der Waals surface area (Å²) in [6, 6.07) is 8.75. The minimum Gasteiger partial charge on any atom is -0.497 e. The van der Waals surface area contributed by atoms with Crippen molar-refractivity contribution in [2.75, 3.05) is 14.2 Å². The molecule has 0 aromatic heterocycles. The zero-order valence-electron chi connectivity index (χ0n) is 9.02. The molecule has 80 valence electrons. The third kappa shape index (κ3) is 2.52. The summed E-state index contributed by atoms with van der Waals surface area (Å²) >= 11 is 0. The highest BCUT2D eigenvalue weighted by atomic mass is 16.5. The van der Waals surface area contributed by atoms with Crippen LogP contribution in [0.3, 0.4) is 0 Å². The average Bonchev–Trinajstić information content (AvgIpc) is 2.35. The van der Waals surface area contributed by atoms with Crippen molar-refractivity contribution in [2.45, 2.75) is 0 Å². The van der Waals surface area contributed by atoms with Crippen molar-refractivity contribution in [3.63, 3.8) is 0 Å². The Labute approximate surface area is 93.9 Å². The molecule has 0 saturated heterocycles. The molecular formula is C12H10N2O2. The molecule has 0 fully saturated rings. The average molecular weight is 214 g/mol. The largest absolute Gasteiger partial charge is 0.497 e. The van der Waals surface area contributed by atoms with Gasteiger partial charge in [0.15, 0.2) is 0 Å². The number of nitrogens with zero attached hydrogens (tertiary/aromatic N) is 2. The number of allylic oxidation sites excluding steroid dienone is 1. The molecule has 4 nitrogen and oxygen atoms in total. The Bertz CT molecular complexity index is 477. The second kappa shape index (κ2) is 5.43.